The molecule has 1 N–H and O–H groups in total. The van der Waals surface area contributed by atoms with Crippen molar-refractivity contribution in [3.63, 3.8) is 0 Å². The molecule has 180 valence electrons. The highest BCUT2D eigenvalue weighted by atomic mass is 35.5. The van der Waals surface area contributed by atoms with Crippen LogP contribution in [0.5, 0.6) is 0 Å². The van der Waals surface area contributed by atoms with E-state index in [2.05, 4.69) is 25.1 Å². The van der Waals surface area contributed by atoms with E-state index in [1.165, 1.54) is 0 Å². The summed E-state index contributed by atoms with van der Waals surface area (Å²) < 4.78 is 0. The molecule has 1 fully saturated rings. The van der Waals surface area contributed by atoms with Gasteiger partial charge in [0.05, 0.1) is 12.2 Å². The Morgan fingerprint density at radius 1 is 1.15 bits per heavy atom. The number of halogens is 3. The first-order valence-corrected chi connectivity index (χ1v) is 12.2. The predicted molar refractivity (Wildman–Crippen MR) is 137 cm³/mol. The SMILES string of the molecule is C[C@@H](Nc1nc(N2CCC(C(=O)N(C)CCN(C)C)CC2)ncc1Cl)c1ccc(Cl)cc1Cl. The molecule has 1 amide bonds. The fourth-order valence-corrected chi connectivity index (χ4v) is 4.56. The number of aromatic nitrogens is 2. The molecule has 0 spiro atoms. The lowest BCUT2D eigenvalue weighted by atomic mass is 9.95. The Balaban J connectivity index is 1.62. The number of piperidine rings is 1. The third-order valence-electron chi connectivity index (χ3n) is 5.90. The van der Waals surface area contributed by atoms with Crippen LogP contribution in [0.15, 0.2) is 24.4 Å². The summed E-state index contributed by atoms with van der Waals surface area (Å²) in [6.07, 6.45) is 3.15. The number of hydrogen-bond acceptors (Lipinski definition) is 6. The van der Waals surface area contributed by atoms with Gasteiger partial charge in [0, 0.05) is 49.2 Å². The first-order valence-electron chi connectivity index (χ1n) is 11.0. The molecule has 1 aliphatic heterocycles. The van der Waals surface area contributed by atoms with Crippen LogP contribution in [0.4, 0.5) is 11.8 Å². The van der Waals surface area contributed by atoms with Crippen LogP contribution in [0.3, 0.4) is 0 Å². The summed E-state index contributed by atoms with van der Waals surface area (Å²) in [6.45, 7) is 5.01. The average Bonchev–Trinajstić information content (AvgIpc) is 2.78. The number of anilines is 2. The quantitative estimate of drug-likeness (QED) is 0.545. The van der Waals surface area contributed by atoms with E-state index in [0.717, 1.165) is 44.6 Å². The molecule has 33 heavy (non-hydrogen) atoms. The van der Waals surface area contributed by atoms with Crippen molar-refractivity contribution in [2.24, 2.45) is 5.92 Å². The van der Waals surface area contributed by atoms with E-state index in [0.29, 0.717) is 26.8 Å². The van der Waals surface area contributed by atoms with Gasteiger partial charge >= 0.3 is 0 Å². The molecule has 1 aliphatic rings. The van der Waals surface area contributed by atoms with E-state index in [9.17, 15) is 4.79 Å². The zero-order valence-electron chi connectivity index (χ0n) is 19.5. The lowest BCUT2D eigenvalue weighted by molar-refractivity contribution is -0.134. The van der Waals surface area contributed by atoms with E-state index < -0.39 is 0 Å². The lowest BCUT2D eigenvalue weighted by Gasteiger charge is -2.33. The molecule has 1 aromatic heterocycles. The second-order valence-electron chi connectivity index (χ2n) is 8.72. The Hall–Kier alpha value is -1.80. The summed E-state index contributed by atoms with van der Waals surface area (Å²) in [5.41, 5.74) is 0.898. The Kier molecular flexibility index (Phi) is 9.04. The van der Waals surface area contributed by atoms with Crippen molar-refractivity contribution in [1.82, 2.24) is 19.8 Å². The third-order valence-corrected chi connectivity index (χ3v) is 6.74. The zero-order valence-corrected chi connectivity index (χ0v) is 21.8. The van der Waals surface area contributed by atoms with Crippen LogP contribution in [0.25, 0.3) is 0 Å². The second kappa shape index (κ2) is 11.6. The van der Waals surface area contributed by atoms with Crippen molar-refractivity contribution in [2.75, 3.05) is 57.5 Å². The molecular weight excluding hydrogens is 483 g/mol. The Morgan fingerprint density at radius 3 is 2.48 bits per heavy atom. The van der Waals surface area contributed by atoms with E-state index in [1.807, 2.05) is 39.0 Å². The Morgan fingerprint density at radius 2 is 1.85 bits per heavy atom. The van der Waals surface area contributed by atoms with Crippen LogP contribution in [0, 0.1) is 5.92 Å². The zero-order chi connectivity index (χ0) is 24.1. The van der Waals surface area contributed by atoms with Gasteiger partial charge in [0.1, 0.15) is 5.02 Å². The van der Waals surface area contributed by atoms with Gasteiger partial charge in [-0.1, -0.05) is 40.9 Å². The van der Waals surface area contributed by atoms with Crippen LogP contribution in [-0.2, 0) is 4.79 Å². The number of rotatable bonds is 8. The summed E-state index contributed by atoms with van der Waals surface area (Å²) in [5.74, 6) is 1.39. The third kappa shape index (κ3) is 6.85. The van der Waals surface area contributed by atoms with Crippen molar-refractivity contribution in [3.05, 3.63) is 45.0 Å². The van der Waals surface area contributed by atoms with Crippen molar-refractivity contribution >= 4 is 52.5 Å². The fraction of sp³-hybridized carbons (Fsp3) is 0.522. The minimum Gasteiger partial charge on any atom is -0.362 e. The average molecular weight is 514 g/mol. The van der Waals surface area contributed by atoms with Gasteiger partial charge in [0.25, 0.3) is 0 Å². The molecule has 0 saturated carbocycles. The Bertz CT molecular complexity index is 965. The Labute approximate surface area is 211 Å². The van der Waals surface area contributed by atoms with Gasteiger partial charge in [-0.05, 0) is 51.6 Å². The number of nitrogens with zero attached hydrogens (tertiary/aromatic N) is 5. The maximum Gasteiger partial charge on any atom is 0.227 e. The molecule has 0 aliphatic carbocycles. The van der Waals surface area contributed by atoms with Crippen LogP contribution < -0.4 is 10.2 Å². The summed E-state index contributed by atoms with van der Waals surface area (Å²) in [7, 11) is 5.90. The topological polar surface area (TPSA) is 64.6 Å². The van der Waals surface area contributed by atoms with Crippen LogP contribution in [0.1, 0.15) is 31.4 Å². The number of carbonyl (C=O) groups is 1. The first-order chi connectivity index (χ1) is 15.7. The predicted octanol–water partition coefficient (Wildman–Crippen LogP) is 4.85. The normalized spacial score (nSPS) is 15.6. The second-order valence-corrected chi connectivity index (χ2v) is 9.97. The molecule has 10 heteroatoms. The van der Waals surface area contributed by atoms with Crippen molar-refractivity contribution in [3.8, 4) is 0 Å². The monoisotopic (exact) mass is 512 g/mol. The molecule has 2 heterocycles. The standard InChI is InChI=1S/C23H31Cl3N6O/c1-15(18-6-5-17(24)13-19(18)25)28-21-20(26)14-27-23(29-21)32-9-7-16(8-10-32)22(33)31(4)12-11-30(2)3/h5-6,13-16H,7-12H2,1-4H3,(H,27,28,29)/t15-/m1/s1. The molecule has 1 aromatic carbocycles. The minimum atomic E-state index is -0.129. The smallest absolute Gasteiger partial charge is 0.227 e. The molecular formula is C23H31Cl3N6O. The maximum atomic E-state index is 12.8. The summed E-state index contributed by atoms with van der Waals surface area (Å²) in [4.78, 5) is 27.9. The van der Waals surface area contributed by atoms with Gasteiger partial charge < -0.3 is 20.0 Å². The molecule has 1 saturated heterocycles. The van der Waals surface area contributed by atoms with Gasteiger partial charge in [-0.3, -0.25) is 4.79 Å². The highest BCUT2D eigenvalue weighted by Crippen LogP contribution is 2.31. The van der Waals surface area contributed by atoms with Crippen molar-refractivity contribution in [1.29, 1.82) is 0 Å². The van der Waals surface area contributed by atoms with Gasteiger partial charge in [-0.2, -0.15) is 4.98 Å². The molecule has 7 nitrogen and oxygen atoms in total. The molecule has 0 bridgehead atoms. The lowest BCUT2D eigenvalue weighted by Crippen LogP contribution is -2.43. The molecule has 0 radical (unpaired) electrons. The number of hydrogen-bond donors (Lipinski definition) is 1. The summed E-state index contributed by atoms with van der Waals surface area (Å²) in [6, 6.07) is 5.27. The van der Waals surface area contributed by atoms with Gasteiger partial charge in [0.2, 0.25) is 11.9 Å². The number of likely N-dealkylation sites (N-methyl/N-ethyl adjacent to an activating group) is 2. The number of amides is 1. The minimum absolute atomic E-state index is 0.0328. The maximum absolute atomic E-state index is 12.8. The fourth-order valence-electron chi connectivity index (χ4n) is 3.85. The van der Waals surface area contributed by atoms with Crippen LogP contribution >= 0.6 is 34.8 Å². The highest BCUT2D eigenvalue weighted by Gasteiger charge is 2.28. The number of benzene rings is 1. The van der Waals surface area contributed by atoms with Gasteiger partial charge in [0.15, 0.2) is 5.82 Å². The number of carbonyl (C=O) groups excluding carboxylic acids is 1. The number of nitrogens with one attached hydrogen (secondary N) is 1. The van der Waals surface area contributed by atoms with E-state index in [4.69, 9.17) is 34.8 Å². The van der Waals surface area contributed by atoms with E-state index >= 15 is 0 Å². The first kappa shape index (κ1) is 25.8. The van der Waals surface area contributed by atoms with Gasteiger partial charge in [-0.25, -0.2) is 4.98 Å². The van der Waals surface area contributed by atoms with E-state index in [-0.39, 0.29) is 17.9 Å². The molecule has 1 atom stereocenters. The van der Waals surface area contributed by atoms with Crippen molar-refractivity contribution < 1.29 is 4.79 Å². The highest BCUT2D eigenvalue weighted by molar-refractivity contribution is 6.35. The summed E-state index contributed by atoms with van der Waals surface area (Å²) >= 11 is 18.7. The molecule has 0 unspecified atom stereocenters. The van der Waals surface area contributed by atoms with Crippen molar-refractivity contribution in [2.45, 2.75) is 25.8 Å². The van der Waals surface area contributed by atoms with Crippen LogP contribution in [0.2, 0.25) is 15.1 Å². The molecule has 3 rings (SSSR count). The molecule has 2 aromatic rings. The van der Waals surface area contributed by atoms with E-state index in [1.54, 1.807) is 18.3 Å². The van der Waals surface area contributed by atoms with Crippen LogP contribution in [-0.4, -0.2) is 73.0 Å². The largest absolute Gasteiger partial charge is 0.362 e. The summed E-state index contributed by atoms with van der Waals surface area (Å²) in [5, 5.41) is 4.93. The van der Waals surface area contributed by atoms with Gasteiger partial charge in [-0.15, -0.1) is 0 Å².